The minimum absolute atomic E-state index is 0.287. The number of carboxylic acid groups (broad SMARTS) is 1. The van der Waals surface area contributed by atoms with E-state index in [1.54, 1.807) is 36.4 Å². The molecule has 11 heteroatoms. The van der Waals surface area contributed by atoms with Gasteiger partial charge in [0, 0.05) is 16.8 Å². The Morgan fingerprint density at radius 3 is 2.37 bits per heavy atom. The third kappa shape index (κ3) is 7.08. The largest absolute Gasteiger partial charge is 0.484 e. The summed E-state index contributed by atoms with van der Waals surface area (Å²) in [5.74, 6) is -0.298. The molecule has 0 saturated carbocycles. The Balaban J connectivity index is 1.37. The van der Waals surface area contributed by atoms with Crippen LogP contribution in [0.5, 0.6) is 5.75 Å². The van der Waals surface area contributed by atoms with Crippen molar-refractivity contribution in [2.45, 2.75) is 28.4 Å². The molecule has 1 fully saturated rings. The first-order chi connectivity index (χ1) is 18.2. The van der Waals surface area contributed by atoms with Gasteiger partial charge in [-0.3, -0.25) is 24.6 Å². The molecule has 3 aromatic carbocycles. The molecule has 0 aromatic heterocycles. The van der Waals surface area contributed by atoms with Crippen molar-refractivity contribution in [1.82, 2.24) is 5.32 Å². The third-order valence-corrected chi connectivity index (χ3v) is 7.61. The fourth-order valence-electron chi connectivity index (χ4n) is 3.60. The molecule has 3 N–H and O–H groups in total. The smallest absolute Gasteiger partial charge is 0.411 e. The number of carbonyl (C=O) groups is 4. The van der Waals surface area contributed by atoms with Crippen LogP contribution in [0.25, 0.3) is 0 Å². The molecule has 38 heavy (non-hydrogen) atoms. The van der Waals surface area contributed by atoms with Crippen LogP contribution in [0.3, 0.4) is 0 Å². The Labute approximate surface area is 227 Å². The first-order valence-corrected chi connectivity index (χ1v) is 13.3. The second-order valence-corrected chi connectivity index (χ2v) is 10.8. The first-order valence-electron chi connectivity index (χ1n) is 11.6. The fourth-order valence-corrected chi connectivity index (χ4v) is 5.31. The maximum atomic E-state index is 12.6. The molecule has 1 atom stereocenters. The summed E-state index contributed by atoms with van der Waals surface area (Å²) in [6.45, 7) is 1.72. The van der Waals surface area contributed by atoms with Gasteiger partial charge in [-0.15, -0.1) is 0 Å². The summed E-state index contributed by atoms with van der Waals surface area (Å²) in [7, 11) is 1.41. The third-order valence-electron chi connectivity index (χ3n) is 5.63. The Morgan fingerprint density at radius 2 is 1.74 bits per heavy atom. The van der Waals surface area contributed by atoms with Crippen molar-refractivity contribution >= 4 is 58.0 Å². The number of nitrogens with one attached hydrogen (secondary N) is 2. The average Bonchev–Trinajstić information content (AvgIpc) is 3.21. The summed E-state index contributed by atoms with van der Waals surface area (Å²) in [5, 5.41) is 13.7. The van der Waals surface area contributed by atoms with E-state index in [1.165, 1.54) is 18.8 Å². The zero-order valence-electron chi connectivity index (χ0n) is 20.6. The Morgan fingerprint density at radius 1 is 1.05 bits per heavy atom. The zero-order chi connectivity index (χ0) is 27.2. The number of ether oxygens (including phenoxy) is 1. The molecular weight excluding hydrogens is 526 g/mol. The lowest BCUT2D eigenvalue weighted by Crippen LogP contribution is -2.27. The summed E-state index contributed by atoms with van der Waals surface area (Å²) in [6, 6.07) is 20.1. The number of carbonyl (C=O) groups excluding carboxylic acids is 3. The minimum atomic E-state index is -1.16. The number of imide groups is 1. The Kier molecular flexibility index (Phi) is 8.59. The first kappa shape index (κ1) is 27.1. The van der Waals surface area contributed by atoms with Crippen molar-refractivity contribution in [1.29, 1.82) is 0 Å². The van der Waals surface area contributed by atoms with E-state index < -0.39 is 17.3 Å². The summed E-state index contributed by atoms with van der Waals surface area (Å²) in [6.07, 6.45) is -0.756. The Hall–Kier alpha value is -3.96. The second kappa shape index (κ2) is 12.1. The van der Waals surface area contributed by atoms with Gasteiger partial charge in [0.2, 0.25) is 5.91 Å². The van der Waals surface area contributed by atoms with Crippen LogP contribution in [0.1, 0.15) is 11.1 Å². The fraction of sp³-hybridized carbons (Fsp3) is 0.185. The van der Waals surface area contributed by atoms with Crippen LogP contribution >= 0.6 is 23.5 Å². The van der Waals surface area contributed by atoms with Gasteiger partial charge < -0.3 is 15.2 Å². The molecule has 0 spiro atoms. The van der Waals surface area contributed by atoms with Gasteiger partial charge in [-0.05, 0) is 61.4 Å². The van der Waals surface area contributed by atoms with E-state index >= 15 is 0 Å². The standard InChI is InChI=1S/C27H25N3O6S2/c1-16-3-9-19(10-4-16)37-20-11-12-21(22(14-20)30(2)27(34)35)28-24(31)15-36-18-7-5-17(6-8-18)13-23-25(32)29-26(33)38-23/h3-12,14,23H,13,15H2,1-2H3,(H,28,31)(H,34,35)(H,29,32,33). The maximum Gasteiger partial charge on any atom is 0.411 e. The van der Waals surface area contributed by atoms with Crippen LogP contribution in [-0.2, 0) is 16.0 Å². The van der Waals surface area contributed by atoms with Gasteiger partial charge in [0.1, 0.15) is 5.75 Å². The van der Waals surface area contributed by atoms with Crippen LogP contribution in [0.4, 0.5) is 21.0 Å². The van der Waals surface area contributed by atoms with Gasteiger partial charge in [0.05, 0.1) is 16.6 Å². The minimum Gasteiger partial charge on any atom is -0.484 e. The molecule has 1 aliphatic heterocycles. The normalized spacial score (nSPS) is 14.6. The van der Waals surface area contributed by atoms with Crippen molar-refractivity contribution in [3.05, 3.63) is 77.9 Å². The molecule has 1 saturated heterocycles. The van der Waals surface area contributed by atoms with E-state index in [4.69, 9.17) is 4.74 Å². The quantitative estimate of drug-likeness (QED) is 0.333. The van der Waals surface area contributed by atoms with E-state index in [9.17, 15) is 24.3 Å². The Bertz CT molecular complexity index is 1360. The highest BCUT2D eigenvalue weighted by atomic mass is 32.2. The van der Waals surface area contributed by atoms with E-state index in [2.05, 4.69) is 10.6 Å². The van der Waals surface area contributed by atoms with Crippen molar-refractivity contribution in [3.8, 4) is 5.75 Å². The molecule has 9 nitrogen and oxygen atoms in total. The summed E-state index contributed by atoms with van der Waals surface area (Å²) in [4.78, 5) is 50.2. The molecule has 1 heterocycles. The summed E-state index contributed by atoms with van der Waals surface area (Å²) < 4.78 is 5.58. The molecule has 4 amide bonds. The monoisotopic (exact) mass is 551 g/mol. The van der Waals surface area contributed by atoms with Crippen molar-refractivity contribution in [2.75, 3.05) is 23.9 Å². The van der Waals surface area contributed by atoms with Gasteiger partial charge in [-0.25, -0.2) is 4.79 Å². The SMILES string of the molecule is Cc1ccc(Sc2ccc(NC(=O)COc3ccc(CC4SC(=O)NC4=O)cc3)c(N(C)C(=O)O)c2)cc1. The van der Waals surface area contributed by atoms with Crippen LogP contribution in [-0.4, -0.2) is 47.2 Å². The molecule has 1 aliphatic rings. The molecule has 196 valence electrons. The molecule has 0 aliphatic carbocycles. The molecule has 0 bridgehead atoms. The average molecular weight is 552 g/mol. The van der Waals surface area contributed by atoms with Gasteiger partial charge in [-0.2, -0.15) is 0 Å². The number of amides is 4. The lowest BCUT2D eigenvalue weighted by Gasteiger charge is -2.19. The van der Waals surface area contributed by atoms with Crippen LogP contribution < -0.4 is 20.3 Å². The predicted octanol–water partition coefficient (Wildman–Crippen LogP) is 5.17. The second-order valence-electron chi connectivity index (χ2n) is 8.50. The number of anilines is 2. The molecule has 1 unspecified atom stereocenters. The van der Waals surface area contributed by atoms with Crippen LogP contribution in [0, 0.1) is 6.92 Å². The van der Waals surface area contributed by atoms with Crippen LogP contribution in [0.15, 0.2) is 76.5 Å². The molecular formula is C27H25N3O6S2. The number of hydrogen-bond donors (Lipinski definition) is 3. The maximum absolute atomic E-state index is 12.6. The van der Waals surface area contributed by atoms with Crippen molar-refractivity contribution < 1.29 is 29.0 Å². The highest BCUT2D eigenvalue weighted by Gasteiger charge is 2.31. The topological polar surface area (TPSA) is 125 Å². The van der Waals surface area contributed by atoms with Gasteiger partial charge >= 0.3 is 6.09 Å². The number of benzene rings is 3. The van der Waals surface area contributed by atoms with Gasteiger partial charge in [0.15, 0.2) is 6.61 Å². The van der Waals surface area contributed by atoms with Crippen molar-refractivity contribution in [2.24, 2.45) is 0 Å². The predicted molar refractivity (Wildman–Crippen MR) is 147 cm³/mol. The van der Waals surface area contributed by atoms with Gasteiger partial charge in [0.25, 0.3) is 11.1 Å². The number of rotatable bonds is 9. The zero-order valence-corrected chi connectivity index (χ0v) is 22.2. The van der Waals surface area contributed by atoms with E-state index in [0.717, 1.165) is 37.6 Å². The van der Waals surface area contributed by atoms with E-state index in [0.29, 0.717) is 23.5 Å². The summed E-state index contributed by atoms with van der Waals surface area (Å²) >= 11 is 2.46. The molecule has 4 rings (SSSR count). The van der Waals surface area contributed by atoms with Crippen LogP contribution in [0.2, 0.25) is 0 Å². The number of thioether (sulfide) groups is 1. The van der Waals surface area contributed by atoms with Crippen molar-refractivity contribution in [3.63, 3.8) is 0 Å². The van der Waals surface area contributed by atoms with Gasteiger partial charge in [-0.1, -0.05) is 53.4 Å². The highest BCUT2D eigenvalue weighted by Crippen LogP contribution is 2.35. The molecule has 3 aromatic rings. The lowest BCUT2D eigenvalue weighted by atomic mass is 10.1. The molecule has 0 radical (unpaired) electrons. The number of hydrogen-bond acceptors (Lipinski definition) is 7. The number of nitrogens with zero attached hydrogens (tertiary/aromatic N) is 1. The van der Waals surface area contributed by atoms with E-state index in [1.807, 2.05) is 37.3 Å². The number of aryl methyl sites for hydroxylation is 1. The van der Waals surface area contributed by atoms with E-state index in [-0.39, 0.29) is 17.8 Å². The lowest BCUT2D eigenvalue weighted by molar-refractivity contribution is -0.119. The summed E-state index contributed by atoms with van der Waals surface area (Å²) in [5.41, 5.74) is 2.68. The highest BCUT2D eigenvalue weighted by molar-refractivity contribution is 8.15.